The van der Waals surface area contributed by atoms with Crippen LogP contribution in [0.2, 0.25) is 5.02 Å². The summed E-state index contributed by atoms with van der Waals surface area (Å²) in [6, 6.07) is 11.1. The van der Waals surface area contributed by atoms with Gasteiger partial charge < -0.3 is 10.6 Å². The second-order valence-corrected chi connectivity index (χ2v) is 9.79. The molecule has 31 heavy (non-hydrogen) atoms. The number of amides is 2. The van der Waals surface area contributed by atoms with Crippen LogP contribution in [0, 0.1) is 11.7 Å². The predicted octanol–water partition coefficient (Wildman–Crippen LogP) is 2.39. The van der Waals surface area contributed by atoms with E-state index in [1.807, 2.05) is 0 Å². The molecule has 0 aliphatic carbocycles. The van der Waals surface area contributed by atoms with Crippen molar-refractivity contribution in [1.29, 1.82) is 0 Å². The van der Waals surface area contributed by atoms with E-state index in [4.69, 9.17) is 17.3 Å². The van der Waals surface area contributed by atoms with Crippen molar-refractivity contribution in [3.63, 3.8) is 0 Å². The van der Waals surface area contributed by atoms with Crippen molar-refractivity contribution < 1.29 is 22.4 Å². The number of hydrogen-bond acceptors (Lipinski definition) is 4. The normalized spacial score (nSPS) is 15.3. The molecule has 0 saturated carbocycles. The van der Waals surface area contributed by atoms with Gasteiger partial charge in [0.2, 0.25) is 21.8 Å². The molecule has 1 aliphatic rings. The third-order valence-electron chi connectivity index (χ3n) is 5.29. The molecule has 0 spiro atoms. The van der Waals surface area contributed by atoms with E-state index in [9.17, 15) is 22.4 Å². The van der Waals surface area contributed by atoms with Crippen molar-refractivity contribution in [3.8, 4) is 0 Å². The number of rotatable bonds is 7. The smallest absolute Gasteiger partial charge is 0.243 e. The Morgan fingerprint density at radius 2 is 1.65 bits per heavy atom. The SMILES string of the molecule is NC(=O)C1CCN(C(=O)CN(Cc2ccc(F)cc2)S(=O)(=O)c2ccc(Cl)cc2)CC1. The third kappa shape index (κ3) is 5.81. The molecule has 1 heterocycles. The highest BCUT2D eigenvalue weighted by molar-refractivity contribution is 7.89. The summed E-state index contributed by atoms with van der Waals surface area (Å²) in [5, 5.41) is 0.387. The van der Waals surface area contributed by atoms with E-state index in [1.54, 1.807) is 0 Å². The zero-order valence-electron chi connectivity index (χ0n) is 16.7. The molecule has 2 N–H and O–H groups in total. The maximum atomic E-state index is 13.3. The Balaban J connectivity index is 1.81. The Hall–Kier alpha value is -2.49. The highest BCUT2D eigenvalue weighted by Crippen LogP contribution is 2.22. The van der Waals surface area contributed by atoms with Crippen LogP contribution in [0.5, 0.6) is 0 Å². The molecule has 1 saturated heterocycles. The second-order valence-electron chi connectivity index (χ2n) is 7.41. The molecule has 0 radical (unpaired) electrons. The molecule has 1 fully saturated rings. The Morgan fingerprint density at radius 1 is 1.06 bits per heavy atom. The minimum Gasteiger partial charge on any atom is -0.369 e. The zero-order valence-corrected chi connectivity index (χ0v) is 18.3. The fraction of sp³-hybridized carbons (Fsp3) is 0.333. The molecule has 2 amide bonds. The van der Waals surface area contributed by atoms with Gasteiger partial charge in [0, 0.05) is 30.6 Å². The lowest BCUT2D eigenvalue weighted by Crippen LogP contribution is -2.46. The van der Waals surface area contributed by atoms with Gasteiger partial charge in [0.1, 0.15) is 5.82 Å². The van der Waals surface area contributed by atoms with Gasteiger partial charge in [0.25, 0.3) is 0 Å². The highest BCUT2D eigenvalue weighted by Gasteiger charge is 2.31. The number of carbonyl (C=O) groups excluding carboxylic acids is 2. The van der Waals surface area contributed by atoms with Crippen LogP contribution >= 0.6 is 11.6 Å². The van der Waals surface area contributed by atoms with E-state index in [0.29, 0.717) is 36.5 Å². The number of primary amides is 1. The first kappa shape index (κ1) is 23.2. The van der Waals surface area contributed by atoms with E-state index >= 15 is 0 Å². The molecule has 10 heteroatoms. The standard InChI is InChI=1S/C21H23ClFN3O4S/c22-17-3-7-19(8-4-17)31(29,30)26(13-15-1-5-18(23)6-2-15)14-20(27)25-11-9-16(10-12-25)21(24)28/h1-8,16H,9-14H2,(H2,24,28). The summed E-state index contributed by atoms with van der Waals surface area (Å²) in [6.07, 6.45) is 0.895. The average molecular weight is 468 g/mol. The van der Waals surface area contributed by atoms with Crippen molar-refractivity contribution in [2.24, 2.45) is 11.7 Å². The van der Waals surface area contributed by atoms with Crippen LogP contribution in [0.1, 0.15) is 18.4 Å². The monoisotopic (exact) mass is 467 g/mol. The largest absolute Gasteiger partial charge is 0.369 e. The van der Waals surface area contributed by atoms with Crippen molar-refractivity contribution >= 4 is 33.4 Å². The lowest BCUT2D eigenvalue weighted by Gasteiger charge is -2.32. The highest BCUT2D eigenvalue weighted by atomic mass is 35.5. The molecule has 0 atom stereocenters. The van der Waals surface area contributed by atoms with Gasteiger partial charge in [-0.2, -0.15) is 4.31 Å². The third-order valence-corrected chi connectivity index (χ3v) is 7.34. The number of halogens is 2. The molecular formula is C21H23ClFN3O4S. The number of hydrogen-bond donors (Lipinski definition) is 1. The van der Waals surface area contributed by atoms with Crippen molar-refractivity contribution in [1.82, 2.24) is 9.21 Å². The fourth-order valence-corrected chi connectivity index (χ4v) is 4.94. The molecule has 0 unspecified atom stereocenters. The van der Waals surface area contributed by atoms with Gasteiger partial charge in [-0.3, -0.25) is 9.59 Å². The fourth-order valence-electron chi connectivity index (χ4n) is 3.44. The number of carbonyl (C=O) groups is 2. The number of sulfonamides is 1. The maximum Gasteiger partial charge on any atom is 0.243 e. The molecule has 7 nitrogen and oxygen atoms in total. The van der Waals surface area contributed by atoms with Gasteiger partial charge in [0.15, 0.2) is 0 Å². The Kier molecular flexibility index (Phi) is 7.30. The summed E-state index contributed by atoms with van der Waals surface area (Å²) in [5.41, 5.74) is 5.87. The lowest BCUT2D eigenvalue weighted by atomic mass is 9.96. The summed E-state index contributed by atoms with van der Waals surface area (Å²) in [7, 11) is -4.02. The summed E-state index contributed by atoms with van der Waals surface area (Å²) in [6.45, 7) is 0.175. The zero-order chi connectivity index (χ0) is 22.6. The van der Waals surface area contributed by atoms with Crippen molar-refractivity contribution in [3.05, 3.63) is 64.9 Å². The summed E-state index contributed by atoms with van der Waals surface area (Å²) in [5.74, 6) is -1.49. The number of nitrogens with zero attached hydrogens (tertiary/aromatic N) is 2. The van der Waals surface area contributed by atoms with Crippen LogP contribution in [0.15, 0.2) is 53.4 Å². The quantitative estimate of drug-likeness (QED) is 0.675. The molecular weight excluding hydrogens is 445 g/mol. The first-order chi connectivity index (χ1) is 14.7. The average Bonchev–Trinajstić information content (AvgIpc) is 2.75. The van der Waals surface area contributed by atoms with Crippen molar-refractivity contribution in [2.45, 2.75) is 24.3 Å². The molecule has 0 aromatic heterocycles. The van der Waals surface area contributed by atoms with E-state index < -0.39 is 21.7 Å². The second kappa shape index (κ2) is 9.76. The first-order valence-electron chi connectivity index (χ1n) is 9.74. The van der Waals surface area contributed by atoms with E-state index in [2.05, 4.69) is 0 Å². The van der Waals surface area contributed by atoms with E-state index in [-0.39, 0.29) is 29.8 Å². The maximum absolute atomic E-state index is 13.3. The van der Waals surface area contributed by atoms with Gasteiger partial charge in [-0.15, -0.1) is 0 Å². The summed E-state index contributed by atoms with van der Waals surface area (Å²) in [4.78, 5) is 25.8. The Bertz CT molecular complexity index is 1040. The Labute approximate surface area is 185 Å². The van der Waals surface area contributed by atoms with Gasteiger partial charge in [-0.05, 0) is 54.8 Å². The first-order valence-corrected chi connectivity index (χ1v) is 11.6. The number of likely N-dealkylation sites (tertiary alicyclic amines) is 1. The number of benzene rings is 2. The van der Waals surface area contributed by atoms with Crippen LogP contribution in [0.3, 0.4) is 0 Å². The van der Waals surface area contributed by atoms with Gasteiger partial charge in [0.05, 0.1) is 11.4 Å². The van der Waals surface area contributed by atoms with E-state index in [0.717, 1.165) is 4.31 Å². The molecule has 2 aromatic rings. The molecule has 3 rings (SSSR count). The molecule has 1 aliphatic heterocycles. The van der Waals surface area contributed by atoms with Gasteiger partial charge in [-0.25, -0.2) is 12.8 Å². The van der Waals surface area contributed by atoms with Gasteiger partial charge in [-0.1, -0.05) is 23.7 Å². The Morgan fingerprint density at radius 3 is 2.19 bits per heavy atom. The number of piperidine rings is 1. The van der Waals surface area contributed by atoms with Gasteiger partial charge >= 0.3 is 0 Å². The van der Waals surface area contributed by atoms with Crippen LogP contribution in [0.25, 0.3) is 0 Å². The van der Waals surface area contributed by atoms with Crippen molar-refractivity contribution in [2.75, 3.05) is 19.6 Å². The minimum atomic E-state index is -4.02. The van der Waals surface area contributed by atoms with E-state index in [1.165, 1.54) is 53.4 Å². The van der Waals surface area contributed by atoms with Crippen LogP contribution in [-0.4, -0.2) is 49.1 Å². The molecule has 166 valence electrons. The molecule has 2 aromatic carbocycles. The van der Waals surface area contributed by atoms with Crippen LogP contribution in [-0.2, 0) is 26.2 Å². The summed E-state index contributed by atoms with van der Waals surface area (Å²) >= 11 is 5.87. The summed E-state index contributed by atoms with van der Waals surface area (Å²) < 4.78 is 40.8. The van der Waals surface area contributed by atoms with Crippen LogP contribution in [0.4, 0.5) is 4.39 Å². The lowest BCUT2D eigenvalue weighted by molar-refractivity contribution is -0.135. The molecule has 0 bridgehead atoms. The topological polar surface area (TPSA) is 101 Å². The number of nitrogens with two attached hydrogens (primary N) is 1. The minimum absolute atomic E-state index is 0.000696. The van der Waals surface area contributed by atoms with Crippen LogP contribution < -0.4 is 5.73 Å². The predicted molar refractivity (Wildman–Crippen MR) is 114 cm³/mol.